The number of halogens is 1. The maximum absolute atomic E-state index is 10.6. The Morgan fingerprint density at radius 3 is 2.88 bits per heavy atom. The zero-order chi connectivity index (χ0) is 12.4. The van der Waals surface area contributed by atoms with Crippen LogP contribution >= 0.6 is 23.4 Å². The number of benzene rings is 1. The molecule has 0 radical (unpaired) electrons. The van der Waals surface area contributed by atoms with E-state index < -0.39 is 4.92 Å². The minimum atomic E-state index is -0.441. The molecule has 1 saturated heterocycles. The van der Waals surface area contributed by atoms with Gasteiger partial charge in [0.05, 0.1) is 15.6 Å². The monoisotopic (exact) mass is 272 g/mol. The molecule has 0 bridgehead atoms. The normalized spacial score (nSPS) is 23.6. The number of nitrogens with zero attached hydrogens (tertiary/aromatic N) is 1. The van der Waals surface area contributed by atoms with Crippen molar-refractivity contribution >= 4 is 34.7 Å². The Balaban J connectivity index is 2.14. The minimum Gasteiger partial charge on any atom is -0.380 e. The summed E-state index contributed by atoms with van der Waals surface area (Å²) >= 11 is 7.95. The number of non-ortho nitro benzene ring substituents is 1. The third-order valence-corrected chi connectivity index (χ3v) is 4.52. The fourth-order valence-electron chi connectivity index (χ4n) is 1.86. The highest BCUT2D eigenvalue weighted by atomic mass is 35.5. The molecular formula is C11H13ClN2O2S. The molecule has 0 saturated carbocycles. The van der Waals surface area contributed by atoms with Crippen molar-refractivity contribution in [3.8, 4) is 0 Å². The van der Waals surface area contributed by atoms with Crippen molar-refractivity contribution in [2.24, 2.45) is 0 Å². The van der Waals surface area contributed by atoms with E-state index in [2.05, 4.69) is 12.2 Å². The molecule has 1 aromatic carbocycles. The first-order chi connectivity index (χ1) is 8.08. The molecule has 2 atom stereocenters. The van der Waals surface area contributed by atoms with Crippen LogP contribution in [0.25, 0.3) is 0 Å². The van der Waals surface area contributed by atoms with Gasteiger partial charge in [0.25, 0.3) is 5.69 Å². The molecule has 1 heterocycles. The lowest BCUT2D eigenvalue weighted by molar-refractivity contribution is -0.384. The van der Waals surface area contributed by atoms with Gasteiger partial charge in [-0.2, -0.15) is 11.8 Å². The Bertz CT molecular complexity index is 441. The van der Waals surface area contributed by atoms with Gasteiger partial charge in [0.2, 0.25) is 0 Å². The average Bonchev–Trinajstić information content (AvgIpc) is 2.67. The number of hydrogen-bond acceptors (Lipinski definition) is 4. The third kappa shape index (κ3) is 2.84. The van der Waals surface area contributed by atoms with Crippen LogP contribution in [0.2, 0.25) is 5.02 Å². The van der Waals surface area contributed by atoms with Gasteiger partial charge in [-0.25, -0.2) is 0 Å². The van der Waals surface area contributed by atoms with Crippen molar-refractivity contribution in [1.82, 2.24) is 0 Å². The van der Waals surface area contributed by atoms with E-state index >= 15 is 0 Å². The lowest BCUT2D eigenvalue weighted by Crippen LogP contribution is -2.24. The maximum Gasteiger partial charge on any atom is 0.271 e. The van der Waals surface area contributed by atoms with Crippen LogP contribution in [-0.2, 0) is 0 Å². The van der Waals surface area contributed by atoms with Crippen molar-refractivity contribution in [3.63, 3.8) is 0 Å². The SMILES string of the molecule is CC1SCCC1Nc1ccc([N+](=O)[O-])cc1Cl. The Hall–Kier alpha value is -0.940. The quantitative estimate of drug-likeness (QED) is 0.675. The Morgan fingerprint density at radius 2 is 2.35 bits per heavy atom. The number of rotatable bonds is 3. The first-order valence-corrected chi connectivity index (χ1v) is 6.82. The van der Waals surface area contributed by atoms with Crippen LogP contribution in [-0.4, -0.2) is 22.0 Å². The van der Waals surface area contributed by atoms with Gasteiger partial charge in [0, 0.05) is 23.4 Å². The van der Waals surface area contributed by atoms with Crippen molar-refractivity contribution in [2.75, 3.05) is 11.1 Å². The van der Waals surface area contributed by atoms with Gasteiger partial charge < -0.3 is 5.32 Å². The van der Waals surface area contributed by atoms with Gasteiger partial charge in [0.15, 0.2) is 0 Å². The molecular weight excluding hydrogens is 260 g/mol. The molecule has 0 aliphatic carbocycles. The zero-order valence-corrected chi connectivity index (χ0v) is 10.9. The molecule has 1 aliphatic rings. The largest absolute Gasteiger partial charge is 0.380 e. The molecule has 0 aromatic heterocycles. The topological polar surface area (TPSA) is 55.2 Å². The zero-order valence-electron chi connectivity index (χ0n) is 9.35. The van der Waals surface area contributed by atoms with E-state index in [0.717, 1.165) is 17.9 Å². The van der Waals surface area contributed by atoms with E-state index in [4.69, 9.17) is 11.6 Å². The van der Waals surface area contributed by atoms with E-state index in [0.29, 0.717) is 16.3 Å². The molecule has 1 aliphatic heterocycles. The van der Waals surface area contributed by atoms with E-state index in [1.165, 1.54) is 12.1 Å². The highest BCUT2D eigenvalue weighted by molar-refractivity contribution is 8.00. The highest BCUT2D eigenvalue weighted by Gasteiger charge is 2.24. The molecule has 1 fully saturated rings. The smallest absolute Gasteiger partial charge is 0.271 e. The van der Waals surface area contributed by atoms with Crippen LogP contribution in [0.3, 0.4) is 0 Å². The standard InChI is InChI=1S/C11H13ClN2O2S/c1-7-10(4-5-17-7)13-11-3-2-8(14(15)16)6-9(11)12/h2-3,6-7,10,13H,4-5H2,1H3. The molecule has 4 nitrogen and oxygen atoms in total. The molecule has 2 unspecified atom stereocenters. The number of hydrogen-bond donors (Lipinski definition) is 1. The molecule has 2 rings (SSSR count). The van der Waals surface area contributed by atoms with Gasteiger partial charge in [-0.1, -0.05) is 18.5 Å². The predicted molar refractivity (Wildman–Crippen MR) is 72.1 cm³/mol. The summed E-state index contributed by atoms with van der Waals surface area (Å²) in [5.74, 6) is 1.14. The summed E-state index contributed by atoms with van der Waals surface area (Å²) in [4.78, 5) is 10.1. The molecule has 17 heavy (non-hydrogen) atoms. The fraction of sp³-hybridized carbons (Fsp3) is 0.455. The Morgan fingerprint density at radius 1 is 1.59 bits per heavy atom. The van der Waals surface area contributed by atoms with E-state index in [1.807, 2.05) is 11.8 Å². The van der Waals surface area contributed by atoms with Crippen LogP contribution in [0.1, 0.15) is 13.3 Å². The lowest BCUT2D eigenvalue weighted by Gasteiger charge is -2.18. The molecule has 0 amide bonds. The number of nitrogens with one attached hydrogen (secondary N) is 1. The van der Waals surface area contributed by atoms with Crippen LogP contribution in [0, 0.1) is 10.1 Å². The summed E-state index contributed by atoms with van der Waals surface area (Å²) in [6.45, 7) is 2.18. The maximum atomic E-state index is 10.6. The van der Waals surface area contributed by atoms with Gasteiger partial charge in [-0.3, -0.25) is 10.1 Å². The van der Waals surface area contributed by atoms with Gasteiger partial charge >= 0.3 is 0 Å². The first kappa shape index (κ1) is 12.5. The lowest BCUT2D eigenvalue weighted by atomic mass is 10.1. The predicted octanol–water partition coefficient (Wildman–Crippen LogP) is 3.55. The van der Waals surface area contributed by atoms with Crippen LogP contribution in [0.15, 0.2) is 18.2 Å². The average molecular weight is 273 g/mol. The third-order valence-electron chi connectivity index (χ3n) is 2.88. The second kappa shape index (κ2) is 5.14. The Labute approximate surface area is 109 Å². The molecule has 1 aromatic rings. The molecule has 92 valence electrons. The minimum absolute atomic E-state index is 0.0226. The van der Waals surface area contributed by atoms with Crippen LogP contribution in [0.4, 0.5) is 11.4 Å². The number of nitro benzene ring substituents is 1. The summed E-state index contributed by atoms with van der Waals surface area (Å²) in [5.41, 5.74) is 0.797. The molecule has 1 N–H and O–H groups in total. The second-order valence-electron chi connectivity index (χ2n) is 4.04. The molecule has 0 spiro atoms. The highest BCUT2D eigenvalue weighted by Crippen LogP contribution is 2.32. The van der Waals surface area contributed by atoms with Crippen molar-refractivity contribution in [1.29, 1.82) is 0 Å². The van der Waals surface area contributed by atoms with Gasteiger partial charge in [-0.05, 0) is 18.2 Å². The summed E-state index contributed by atoms with van der Waals surface area (Å²) in [7, 11) is 0. The number of nitro groups is 1. The van der Waals surface area contributed by atoms with E-state index in [1.54, 1.807) is 6.07 Å². The van der Waals surface area contributed by atoms with E-state index in [-0.39, 0.29) is 5.69 Å². The Kier molecular flexibility index (Phi) is 3.79. The number of thioether (sulfide) groups is 1. The summed E-state index contributed by atoms with van der Waals surface area (Å²) in [5, 5.41) is 14.9. The van der Waals surface area contributed by atoms with Crippen molar-refractivity contribution < 1.29 is 4.92 Å². The van der Waals surface area contributed by atoms with Gasteiger partial charge in [-0.15, -0.1) is 0 Å². The van der Waals surface area contributed by atoms with Crippen molar-refractivity contribution in [3.05, 3.63) is 33.3 Å². The van der Waals surface area contributed by atoms with Gasteiger partial charge in [0.1, 0.15) is 0 Å². The summed E-state index contributed by atoms with van der Waals surface area (Å²) in [6, 6.07) is 4.92. The summed E-state index contributed by atoms with van der Waals surface area (Å²) < 4.78 is 0. The first-order valence-electron chi connectivity index (χ1n) is 5.40. The fourth-order valence-corrected chi connectivity index (χ4v) is 3.28. The second-order valence-corrected chi connectivity index (χ2v) is 5.93. The number of anilines is 1. The van der Waals surface area contributed by atoms with Crippen molar-refractivity contribution in [2.45, 2.75) is 24.6 Å². The molecule has 6 heteroatoms. The van der Waals surface area contributed by atoms with Crippen LogP contribution in [0.5, 0.6) is 0 Å². The van der Waals surface area contributed by atoms with Crippen LogP contribution < -0.4 is 5.32 Å². The summed E-state index contributed by atoms with van der Waals surface area (Å²) in [6.07, 6.45) is 1.10. The van der Waals surface area contributed by atoms with E-state index in [9.17, 15) is 10.1 Å².